The Morgan fingerprint density at radius 3 is 2.12 bits per heavy atom. The lowest BCUT2D eigenvalue weighted by Gasteiger charge is -2.34. The van der Waals surface area contributed by atoms with E-state index in [4.69, 9.17) is 16.7 Å². The summed E-state index contributed by atoms with van der Waals surface area (Å²) in [5, 5.41) is 9.36. The van der Waals surface area contributed by atoms with Gasteiger partial charge < -0.3 is 10.0 Å². The van der Waals surface area contributed by atoms with Crippen molar-refractivity contribution >= 4 is 33.5 Å². The van der Waals surface area contributed by atoms with E-state index in [1.165, 1.54) is 28.6 Å². The minimum atomic E-state index is -3.61. The molecule has 130 valence electrons. The lowest BCUT2D eigenvalue weighted by Crippen LogP contribution is -2.51. The van der Waals surface area contributed by atoms with Crippen molar-refractivity contribution in [2.45, 2.75) is 11.3 Å². The number of amides is 1. The quantitative estimate of drug-likeness (QED) is 0.847. The summed E-state index contributed by atoms with van der Waals surface area (Å²) in [6.45, 7) is 0.936. The topological polar surface area (TPSA) is 95.0 Å². The third kappa shape index (κ3) is 3.26. The van der Waals surface area contributed by atoms with E-state index in [1.807, 2.05) is 0 Å². The van der Waals surface area contributed by atoms with Crippen molar-refractivity contribution in [3.63, 3.8) is 0 Å². The lowest BCUT2D eigenvalue weighted by molar-refractivity contribution is -0.142. The summed E-state index contributed by atoms with van der Waals surface area (Å²) in [6.07, 6.45) is 0.372. The zero-order valence-electron chi connectivity index (χ0n) is 12.8. The molecule has 2 aliphatic rings. The van der Waals surface area contributed by atoms with Gasteiger partial charge in [0, 0.05) is 31.2 Å². The molecular weight excluding hydrogens is 356 g/mol. The summed E-state index contributed by atoms with van der Waals surface area (Å²) in [5.74, 6) is -2.18. The van der Waals surface area contributed by atoms with E-state index in [2.05, 4.69) is 0 Å². The van der Waals surface area contributed by atoms with E-state index in [0.717, 1.165) is 0 Å². The fourth-order valence-electron chi connectivity index (χ4n) is 2.88. The summed E-state index contributed by atoms with van der Waals surface area (Å²) < 4.78 is 26.5. The molecule has 2 unspecified atom stereocenters. The van der Waals surface area contributed by atoms with Crippen molar-refractivity contribution in [2.24, 2.45) is 11.8 Å². The Bertz CT molecular complexity index is 757. The van der Waals surface area contributed by atoms with Gasteiger partial charge in [-0.25, -0.2) is 8.42 Å². The van der Waals surface area contributed by atoms with Gasteiger partial charge in [-0.2, -0.15) is 4.31 Å². The number of aliphatic carboxylic acids is 1. The molecule has 1 saturated heterocycles. The summed E-state index contributed by atoms with van der Waals surface area (Å²) >= 11 is 5.78. The third-order valence-corrected chi connectivity index (χ3v) is 6.59. The van der Waals surface area contributed by atoms with Gasteiger partial charge >= 0.3 is 5.97 Å². The summed E-state index contributed by atoms with van der Waals surface area (Å²) in [7, 11) is -3.61. The molecule has 1 N–H and O–H groups in total. The van der Waals surface area contributed by atoms with Crippen LogP contribution in [0.2, 0.25) is 5.02 Å². The molecule has 24 heavy (non-hydrogen) atoms. The Hall–Kier alpha value is -1.64. The second-order valence-electron chi connectivity index (χ2n) is 5.97. The van der Waals surface area contributed by atoms with Gasteiger partial charge in [0.15, 0.2) is 0 Å². The first-order valence-electron chi connectivity index (χ1n) is 7.58. The van der Waals surface area contributed by atoms with E-state index >= 15 is 0 Å². The fourth-order valence-corrected chi connectivity index (χ4v) is 4.43. The smallest absolute Gasteiger partial charge is 0.307 e. The molecule has 1 amide bonds. The SMILES string of the molecule is O=C(O)C1CC1C(=O)N1CCN(S(=O)(=O)c2ccc(Cl)cc2)CC1. The number of nitrogens with zero attached hydrogens (tertiary/aromatic N) is 2. The second kappa shape index (κ2) is 6.34. The van der Waals surface area contributed by atoms with Crippen LogP contribution >= 0.6 is 11.6 Å². The highest BCUT2D eigenvalue weighted by atomic mass is 35.5. The maximum atomic E-state index is 12.6. The standard InChI is InChI=1S/C15H17ClN2O5S/c16-10-1-3-11(4-2-10)24(22,23)18-7-5-17(6-8-18)14(19)12-9-13(12)15(20)21/h1-4,12-13H,5-9H2,(H,20,21). The van der Waals surface area contributed by atoms with Crippen LogP contribution in [-0.4, -0.2) is 60.8 Å². The molecule has 9 heteroatoms. The Balaban J connectivity index is 1.62. The van der Waals surface area contributed by atoms with Crippen molar-refractivity contribution in [1.29, 1.82) is 0 Å². The third-order valence-electron chi connectivity index (χ3n) is 4.43. The van der Waals surface area contributed by atoms with Crippen LogP contribution in [0.5, 0.6) is 0 Å². The molecule has 3 rings (SSSR count). The fraction of sp³-hybridized carbons (Fsp3) is 0.467. The van der Waals surface area contributed by atoms with Crippen molar-refractivity contribution in [2.75, 3.05) is 26.2 Å². The Kier molecular flexibility index (Phi) is 4.54. The molecule has 0 aromatic heterocycles. The second-order valence-corrected chi connectivity index (χ2v) is 8.34. The van der Waals surface area contributed by atoms with Crippen LogP contribution in [0.15, 0.2) is 29.2 Å². The predicted octanol–water partition coefficient (Wildman–Crippen LogP) is 0.894. The van der Waals surface area contributed by atoms with Gasteiger partial charge in [-0.3, -0.25) is 9.59 Å². The molecule has 1 aliphatic heterocycles. The van der Waals surface area contributed by atoms with Crippen LogP contribution in [0.3, 0.4) is 0 Å². The molecule has 0 radical (unpaired) electrons. The number of carbonyl (C=O) groups is 2. The van der Waals surface area contributed by atoms with Gasteiger partial charge in [-0.15, -0.1) is 0 Å². The molecule has 1 heterocycles. The zero-order valence-corrected chi connectivity index (χ0v) is 14.3. The molecule has 0 bridgehead atoms. The molecular formula is C15H17ClN2O5S. The van der Waals surface area contributed by atoms with E-state index in [9.17, 15) is 18.0 Å². The van der Waals surface area contributed by atoms with Crippen LogP contribution in [-0.2, 0) is 19.6 Å². The number of carbonyl (C=O) groups excluding carboxylic acids is 1. The highest BCUT2D eigenvalue weighted by Gasteiger charge is 2.50. The molecule has 0 spiro atoms. The van der Waals surface area contributed by atoms with Gasteiger partial charge in [-0.1, -0.05) is 11.6 Å². The number of hydrogen-bond acceptors (Lipinski definition) is 4. The number of sulfonamides is 1. The average Bonchev–Trinajstić information content (AvgIpc) is 3.35. The maximum absolute atomic E-state index is 12.6. The van der Waals surface area contributed by atoms with Crippen LogP contribution in [0.25, 0.3) is 0 Å². The number of halogens is 1. The van der Waals surface area contributed by atoms with Crippen molar-refractivity contribution < 1.29 is 23.1 Å². The average molecular weight is 373 g/mol. The summed E-state index contributed by atoms with van der Waals surface area (Å²) in [5.41, 5.74) is 0. The highest BCUT2D eigenvalue weighted by molar-refractivity contribution is 7.89. The van der Waals surface area contributed by atoms with Crippen molar-refractivity contribution in [1.82, 2.24) is 9.21 Å². The Morgan fingerprint density at radius 1 is 1.04 bits per heavy atom. The lowest BCUT2D eigenvalue weighted by atomic mass is 10.2. The van der Waals surface area contributed by atoms with E-state index in [0.29, 0.717) is 11.4 Å². The minimum Gasteiger partial charge on any atom is -0.481 e. The van der Waals surface area contributed by atoms with Crippen LogP contribution in [0.1, 0.15) is 6.42 Å². The largest absolute Gasteiger partial charge is 0.481 e. The van der Waals surface area contributed by atoms with Gasteiger partial charge in [0.2, 0.25) is 15.9 Å². The number of carboxylic acid groups (broad SMARTS) is 1. The molecule has 1 saturated carbocycles. The van der Waals surface area contributed by atoms with Gasteiger partial charge in [0.05, 0.1) is 16.7 Å². The van der Waals surface area contributed by atoms with Crippen LogP contribution in [0, 0.1) is 11.8 Å². The zero-order chi connectivity index (χ0) is 17.5. The molecule has 2 atom stereocenters. The van der Waals surface area contributed by atoms with E-state index in [1.54, 1.807) is 4.90 Å². The van der Waals surface area contributed by atoms with Crippen molar-refractivity contribution in [3.8, 4) is 0 Å². The number of rotatable bonds is 4. The van der Waals surface area contributed by atoms with Crippen molar-refractivity contribution in [3.05, 3.63) is 29.3 Å². The van der Waals surface area contributed by atoms with Crippen LogP contribution in [0.4, 0.5) is 0 Å². The summed E-state index contributed by atoms with van der Waals surface area (Å²) in [4.78, 5) is 24.8. The predicted molar refractivity (Wildman–Crippen MR) is 86.0 cm³/mol. The first-order chi connectivity index (χ1) is 11.3. The number of benzene rings is 1. The van der Waals surface area contributed by atoms with Crippen LogP contribution < -0.4 is 0 Å². The molecule has 1 aromatic rings. The first kappa shape index (κ1) is 17.2. The molecule has 7 nitrogen and oxygen atoms in total. The minimum absolute atomic E-state index is 0.166. The van der Waals surface area contributed by atoms with Gasteiger partial charge in [0.1, 0.15) is 0 Å². The Labute approximate surface area is 144 Å². The van der Waals surface area contributed by atoms with E-state index in [-0.39, 0.29) is 37.0 Å². The molecule has 1 aliphatic carbocycles. The van der Waals surface area contributed by atoms with Gasteiger partial charge in [-0.05, 0) is 30.7 Å². The van der Waals surface area contributed by atoms with E-state index < -0.39 is 27.8 Å². The first-order valence-corrected chi connectivity index (χ1v) is 9.40. The Morgan fingerprint density at radius 2 is 1.62 bits per heavy atom. The number of piperazine rings is 1. The number of carboxylic acids is 1. The number of hydrogen-bond donors (Lipinski definition) is 1. The normalized spacial score (nSPS) is 24.6. The molecule has 2 fully saturated rings. The molecule has 1 aromatic carbocycles. The highest BCUT2D eigenvalue weighted by Crippen LogP contribution is 2.40. The summed E-state index contributed by atoms with van der Waals surface area (Å²) in [6, 6.07) is 5.95. The van der Waals surface area contributed by atoms with Gasteiger partial charge in [0.25, 0.3) is 0 Å². The monoisotopic (exact) mass is 372 g/mol. The maximum Gasteiger partial charge on any atom is 0.307 e.